The molecule has 0 aliphatic carbocycles. The number of rotatable bonds is 7. The van der Waals surface area contributed by atoms with Crippen molar-refractivity contribution in [1.82, 2.24) is 19.9 Å². The van der Waals surface area contributed by atoms with Gasteiger partial charge in [0.25, 0.3) is 0 Å². The van der Waals surface area contributed by atoms with Crippen LogP contribution in [0.15, 0.2) is 42.6 Å². The first-order chi connectivity index (χ1) is 12.8. The third-order valence-electron chi connectivity index (χ3n) is 4.36. The van der Waals surface area contributed by atoms with Gasteiger partial charge in [-0.05, 0) is 42.7 Å². The Balaban J connectivity index is 1.20. The van der Waals surface area contributed by atoms with Gasteiger partial charge in [0.15, 0.2) is 17.1 Å². The second kappa shape index (κ2) is 7.43. The molecule has 0 atom stereocenters. The molecule has 26 heavy (non-hydrogen) atoms. The maximum atomic E-state index is 12.0. The zero-order valence-corrected chi connectivity index (χ0v) is 14.4. The fourth-order valence-corrected chi connectivity index (χ4v) is 2.98. The predicted octanol–water partition coefficient (Wildman–Crippen LogP) is 2.14. The van der Waals surface area contributed by atoms with Crippen LogP contribution in [-0.4, -0.2) is 33.8 Å². The number of aryl methyl sites for hydroxylation is 2. The predicted molar refractivity (Wildman–Crippen MR) is 95.2 cm³/mol. The lowest BCUT2D eigenvalue weighted by Gasteiger charge is -2.06. The van der Waals surface area contributed by atoms with Crippen molar-refractivity contribution >= 4 is 11.6 Å². The van der Waals surface area contributed by atoms with E-state index in [2.05, 4.69) is 15.5 Å². The van der Waals surface area contributed by atoms with Gasteiger partial charge in [0.05, 0.1) is 0 Å². The molecule has 1 N–H and O–H groups in total. The standard InChI is InChI=1S/C19H20N4O3/c24-19(9-7-14-6-8-15-16(12-14)26-13-25-15)20-10-3-5-18-22-21-17-4-1-2-11-23(17)18/h1-2,4,6,8,11-12H,3,5,7,9-10,13H2,(H,20,24). The minimum atomic E-state index is 0.0498. The Kier molecular flexibility index (Phi) is 4.68. The molecule has 3 heterocycles. The van der Waals surface area contributed by atoms with Crippen LogP contribution in [-0.2, 0) is 17.6 Å². The first-order valence-corrected chi connectivity index (χ1v) is 8.73. The molecule has 0 bridgehead atoms. The second-order valence-corrected chi connectivity index (χ2v) is 6.19. The number of amides is 1. The highest BCUT2D eigenvalue weighted by atomic mass is 16.7. The Morgan fingerprint density at radius 3 is 3.00 bits per heavy atom. The number of hydrogen-bond acceptors (Lipinski definition) is 5. The first kappa shape index (κ1) is 16.4. The minimum Gasteiger partial charge on any atom is -0.454 e. The lowest BCUT2D eigenvalue weighted by molar-refractivity contribution is -0.121. The van der Waals surface area contributed by atoms with Gasteiger partial charge in [-0.15, -0.1) is 10.2 Å². The topological polar surface area (TPSA) is 77.8 Å². The van der Waals surface area contributed by atoms with Crippen LogP contribution in [0, 0.1) is 0 Å². The summed E-state index contributed by atoms with van der Waals surface area (Å²) >= 11 is 0. The summed E-state index contributed by atoms with van der Waals surface area (Å²) in [7, 11) is 0. The van der Waals surface area contributed by atoms with Crippen LogP contribution in [0.2, 0.25) is 0 Å². The third kappa shape index (κ3) is 3.61. The van der Waals surface area contributed by atoms with Gasteiger partial charge in [-0.3, -0.25) is 9.20 Å². The van der Waals surface area contributed by atoms with Gasteiger partial charge >= 0.3 is 0 Å². The van der Waals surface area contributed by atoms with Gasteiger partial charge < -0.3 is 14.8 Å². The van der Waals surface area contributed by atoms with Gasteiger partial charge in [-0.1, -0.05) is 12.1 Å². The second-order valence-electron chi connectivity index (χ2n) is 6.19. The summed E-state index contributed by atoms with van der Waals surface area (Å²) in [5, 5.41) is 11.3. The number of pyridine rings is 1. The fraction of sp³-hybridized carbons (Fsp3) is 0.316. The van der Waals surface area contributed by atoms with Crippen molar-refractivity contribution in [1.29, 1.82) is 0 Å². The molecular weight excluding hydrogens is 332 g/mol. The molecule has 2 aromatic heterocycles. The van der Waals surface area contributed by atoms with Crippen molar-refractivity contribution in [2.45, 2.75) is 25.7 Å². The van der Waals surface area contributed by atoms with Gasteiger partial charge in [0, 0.05) is 25.6 Å². The highest BCUT2D eigenvalue weighted by Crippen LogP contribution is 2.32. The fourth-order valence-electron chi connectivity index (χ4n) is 2.98. The highest BCUT2D eigenvalue weighted by Gasteiger charge is 2.13. The molecule has 4 rings (SSSR count). The van der Waals surface area contributed by atoms with E-state index >= 15 is 0 Å². The Bertz CT molecular complexity index is 922. The van der Waals surface area contributed by atoms with Gasteiger partial charge in [-0.2, -0.15) is 0 Å². The highest BCUT2D eigenvalue weighted by molar-refractivity contribution is 5.76. The summed E-state index contributed by atoms with van der Waals surface area (Å²) in [5.74, 6) is 2.48. The van der Waals surface area contributed by atoms with Crippen molar-refractivity contribution in [2.75, 3.05) is 13.3 Å². The van der Waals surface area contributed by atoms with Crippen LogP contribution in [0.5, 0.6) is 11.5 Å². The summed E-state index contributed by atoms with van der Waals surface area (Å²) in [5.41, 5.74) is 1.91. The number of nitrogens with one attached hydrogen (secondary N) is 1. The van der Waals surface area contributed by atoms with Crippen molar-refractivity contribution in [3.63, 3.8) is 0 Å². The monoisotopic (exact) mass is 352 g/mol. The summed E-state index contributed by atoms with van der Waals surface area (Å²) in [4.78, 5) is 12.0. The van der Waals surface area contributed by atoms with Crippen LogP contribution >= 0.6 is 0 Å². The van der Waals surface area contributed by atoms with Crippen LogP contribution in [0.25, 0.3) is 5.65 Å². The first-order valence-electron chi connectivity index (χ1n) is 8.73. The Morgan fingerprint density at radius 2 is 2.04 bits per heavy atom. The number of benzene rings is 1. The average molecular weight is 352 g/mol. The molecule has 1 aliphatic rings. The average Bonchev–Trinajstić information content (AvgIpc) is 3.30. The zero-order chi connectivity index (χ0) is 17.8. The smallest absolute Gasteiger partial charge is 0.231 e. The number of fused-ring (bicyclic) bond motifs is 2. The van der Waals surface area contributed by atoms with E-state index in [0.29, 0.717) is 19.4 Å². The largest absolute Gasteiger partial charge is 0.454 e. The van der Waals surface area contributed by atoms with Crippen molar-refractivity contribution in [3.05, 3.63) is 54.0 Å². The lowest BCUT2D eigenvalue weighted by Crippen LogP contribution is -2.25. The van der Waals surface area contributed by atoms with Crippen molar-refractivity contribution in [2.24, 2.45) is 0 Å². The van der Waals surface area contributed by atoms with E-state index < -0.39 is 0 Å². The van der Waals surface area contributed by atoms with Crippen LogP contribution in [0.3, 0.4) is 0 Å². The molecular formula is C19H20N4O3. The van der Waals surface area contributed by atoms with Gasteiger partial charge in [-0.25, -0.2) is 0 Å². The molecule has 0 spiro atoms. The van der Waals surface area contributed by atoms with E-state index in [4.69, 9.17) is 9.47 Å². The normalized spacial score (nSPS) is 12.5. The van der Waals surface area contributed by atoms with E-state index in [0.717, 1.165) is 41.4 Å². The maximum absolute atomic E-state index is 12.0. The van der Waals surface area contributed by atoms with E-state index in [9.17, 15) is 4.79 Å². The number of aromatic nitrogens is 3. The molecule has 3 aromatic rings. The molecule has 0 fully saturated rings. The van der Waals surface area contributed by atoms with Gasteiger partial charge in [0.2, 0.25) is 12.7 Å². The number of hydrogen-bond donors (Lipinski definition) is 1. The number of carbonyl (C=O) groups excluding carboxylic acids is 1. The maximum Gasteiger partial charge on any atom is 0.231 e. The summed E-state index contributed by atoms with van der Waals surface area (Å²) in [6.45, 7) is 0.891. The van der Waals surface area contributed by atoms with E-state index in [1.807, 2.05) is 47.0 Å². The van der Waals surface area contributed by atoms with Crippen LogP contribution in [0.4, 0.5) is 0 Å². The molecule has 7 heteroatoms. The number of nitrogens with zero attached hydrogens (tertiary/aromatic N) is 3. The summed E-state index contributed by atoms with van der Waals surface area (Å²) in [6, 6.07) is 11.6. The lowest BCUT2D eigenvalue weighted by atomic mass is 10.1. The Labute approximate surface area is 151 Å². The zero-order valence-electron chi connectivity index (χ0n) is 14.4. The SMILES string of the molecule is O=C(CCc1ccc2c(c1)OCO2)NCCCc1nnc2ccccn12. The minimum absolute atomic E-state index is 0.0498. The molecule has 0 saturated carbocycles. The van der Waals surface area contributed by atoms with Crippen molar-refractivity contribution in [3.8, 4) is 11.5 Å². The van der Waals surface area contributed by atoms with E-state index in [-0.39, 0.29) is 12.7 Å². The van der Waals surface area contributed by atoms with Gasteiger partial charge in [0.1, 0.15) is 5.82 Å². The van der Waals surface area contributed by atoms with Crippen LogP contribution in [0.1, 0.15) is 24.2 Å². The molecule has 0 radical (unpaired) electrons. The van der Waals surface area contributed by atoms with Crippen molar-refractivity contribution < 1.29 is 14.3 Å². The third-order valence-corrected chi connectivity index (χ3v) is 4.36. The van der Waals surface area contributed by atoms with E-state index in [1.54, 1.807) is 0 Å². The number of ether oxygens (including phenoxy) is 2. The molecule has 1 amide bonds. The quantitative estimate of drug-likeness (QED) is 0.659. The summed E-state index contributed by atoms with van der Waals surface area (Å²) in [6.07, 6.45) is 4.68. The van der Waals surface area contributed by atoms with Crippen LogP contribution < -0.4 is 14.8 Å². The number of carbonyl (C=O) groups is 1. The molecule has 0 saturated heterocycles. The van der Waals surface area contributed by atoms with E-state index in [1.165, 1.54) is 0 Å². The molecule has 1 aliphatic heterocycles. The molecule has 0 unspecified atom stereocenters. The molecule has 134 valence electrons. The molecule has 7 nitrogen and oxygen atoms in total. The Hall–Kier alpha value is -3.09. The molecule has 1 aromatic carbocycles. The summed E-state index contributed by atoms with van der Waals surface area (Å²) < 4.78 is 12.6. The Morgan fingerprint density at radius 1 is 1.12 bits per heavy atom.